The average molecular weight is 299 g/mol. The normalized spacial score (nSPS) is 27.1. The van der Waals surface area contributed by atoms with Crippen LogP contribution in [0.5, 0.6) is 0 Å². The summed E-state index contributed by atoms with van der Waals surface area (Å²) in [6, 6.07) is 0. The quantitative estimate of drug-likeness (QED) is 0.728. The molecule has 21 heavy (non-hydrogen) atoms. The van der Waals surface area contributed by atoms with Crippen LogP contribution < -0.4 is 10.6 Å². The van der Waals surface area contributed by atoms with Gasteiger partial charge in [-0.1, -0.05) is 0 Å². The van der Waals surface area contributed by atoms with Crippen molar-refractivity contribution in [1.82, 2.24) is 15.5 Å². The van der Waals surface area contributed by atoms with Crippen LogP contribution in [-0.2, 0) is 4.79 Å². The van der Waals surface area contributed by atoms with Gasteiger partial charge in [-0.15, -0.1) is 0 Å². The Kier molecular flexibility index (Phi) is 4.84. The van der Waals surface area contributed by atoms with E-state index in [1.54, 1.807) is 0 Å². The van der Waals surface area contributed by atoms with Crippen LogP contribution in [0.25, 0.3) is 0 Å². The Hall–Kier alpha value is -0.650. The topological polar surface area (TPSA) is 64.6 Å². The summed E-state index contributed by atoms with van der Waals surface area (Å²) >= 11 is 0. The highest BCUT2D eigenvalue weighted by Gasteiger charge is 2.49. The van der Waals surface area contributed by atoms with Crippen molar-refractivity contribution in [3.8, 4) is 0 Å². The first-order valence-corrected chi connectivity index (χ1v) is 7.70. The minimum atomic E-state index is -0.640. The van der Waals surface area contributed by atoms with Crippen molar-refractivity contribution in [3.63, 3.8) is 0 Å². The third-order valence-corrected chi connectivity index (χ3v) is 4.03. The van der Waals surface area contributed by atoms with Gasteiger partial charge in [-0.2, -0.15) is 0 Å². The number of hydrogen-bond acceptors (Lipinski definition) is 4. The van der Waals surface area contributed by atoms with Crippen molar-refractivity contribution in [2.45, 2.75) is 77.5 Å². The Morgan fingerprint density at radius 1 is 1.24 bits per heavy atom. The fraction of sp³-hybridized carbons (Fsp3) is 0.938. The van der Waals surface area contributed by atoms with Crippen LogP contribution in [-0.4, -0.2) is 57.8 Å². The number of nitrogens with one attached hydrogen (secondary N) is 2. The van der Waals surface area contributed by atoms with E-state index in [9.17, 15) is 9.90 Å². The lowest BCUT2D eigenvalue weighted by Crippen LogP contribution is -2.76. The minimum absolute atomic E-state index is 0.0214. The fourth-order valence-corrected chi connectivity index (χ4v) is 2.74. The third kappa shape index (κ3) is 4.41. The van der Waals surface area contributed by atoms with Crippen LogP contribution in [0.1, 0.15) is 55.4 Å². The predicted octanol–water partition coefficient (Wildman–Crippen LogP) is 1.11. The molecule has 0 aliphatic carbocycles. The summed E-state index contributed by atoms with van der Waals surface area (Å²) in [5.41, 5.74) is -1.41. The van der Waals surface area contributed by atoms with Crippen molar-refractivity contribution < 1.29 is 9.90 Å². The number of piperazine rings is 1. The van der Waals surface area contributed by atoms with E-state index in [0.29, 0.717) is 6.54 Å². The first kappa shape index (κ1) is 18.4. The zero-order valence-electron chi connectivity index (χ0n) is 14.9. The molecule has 1 atom stereocenters. The van der Waals surface area contributed by atoms with Crippen molar-refractivity contribution in [1.29, 1.82) is 0 Å². The summed E-state index contributed by atoms with van der Waals surface area (Å²) in [6.45, 7) is 17.4. The standard InChI is InChI=1S/C16H33N3O2/c1-13(2,3)17-9-16(8)10-19(14(4,5)11-20)12(21)15(6,7)18-16/h17-18,20H,9-11H2,1-8H3. The smallest absolute Gasteiger partial charge is 0.242 e. The molecule has 1 unspecified atom stereocenters. The summed E-state index contributed by atoms with van der Waals surface area (Å²) in [6.07, 6.45) is 0. The van der Waals surface area contributed by atoms with E-state index in [2.05, 4.69) is 38.3 Å². The molecular weight excluding hydrogens is 266 g/mol. The maximum absolute atomic E-state index is 12.7. The molecule has 0 saturated carbocycles. The Balaban J connectivity index is 3.01. The maximum atomic E-state index is 12.7. The van der Waals surface area contributed by atoms with Crippen LogP contribution in [0, 0.1) is 0 Å². The van der Waals surface area contributed by atoms with Crippen molar-refractivity contribution >= 4 is 5.91 Å². The van der Waals surface area contributed by atoms with Gasteiger partial charge >= 0.3 is 0 Å². The largest absolute Gasteiger partial charge is 0.394 e. The number of carbonyl (C=O) groups is 1. The Labute approximate surface area is 129 Å². The second kappa shape index (κ2) is 5.52. The van der Waals surface area contributed by atoms with Crippen LogP contribution in [0.4, 0.5) is 0 Å². The number of carbonyl (C=O) groups excluding carboxylic acids is 1. The van der Waals surface area contributed by atoms with Gasteiger partial charge in [0.15, 0.2) is 0 Å². The summed E-state index contributed by atoms with van der Waals surface area (Å²) in [5.74, 6) is 0.0368. The highest BCUT2D eigenvalue weighted by atomic mass is 16.3. The molecule has 1 aliphatic rings. The monoisotopic (exact) mass is 299 g/mol. The molecule has 1 amide bonds. The molecule has 3 N–H and O–H groups in total. The van der Waals surface area contributed by atoms with E-state index in [-0.39, 0.29) is 23.6 Å². The van der Waals surface area contributed by atoms with Gasteiger partial charge in [0.2, 0.25) is 5.91 Å². The molecule has 0 aromatic heterocycles. The lowest BCUT2D eigenvalue weighted by Gasteiger charge is -2.53. The molecule has 0 radical (unpaired) electrons. The van der Waals surface area contributed by atoms with Crippen LogP contribution in [0.2, 0.25) is 0 Å². The maximum Gasteiger partial charge on any atom is 0.242 e. The van der Waals surface area contributed by atoms with E-state index in [4.69, 9.17) is 0 Å². The summed E-state index contributed by atoms with van der Waals surface area (Å²) < 4.78 is 0. The zero-order chi connectivity index (χ0) is 16.7. The van der Waals surface area contributed by atoms with Gasteiger partial charge in [0.25, 0.3) is 0 Å². The fourth-order valence-electron chi connectivity index (χ4n) is 2.74. The van der Waals surface area contributed by atoms with Gasteiger partial charge in [-0.25, -0.2) is 0 Å². The molecular formula is C16H33N3O2. The van der Waals surface area contributed by atoms with E-state index in [1.807, 2.05) is 32.6 Å². The average Bonchev–Trinajstić information content (AvgIpc) is 2.30. The Morgan fingerprint density at radius 3 is 2.19 bits per heavy atom. The van der Waals surface area contributed by atoms with Crippen LogP contribution in [0.3, 0.4) is 0 Å². The van der Waals surface area contributed by atoms with Crippen LogP contribution >= 0.6 is 0 Å². The van der Waals surface area contributed by atoms with Gasteiger partial charge in [-0.05, 0) is 55.4 Å². The molecule has 1 fully saturated rings. The highest BCUT2D eigenvalue weighted by molar-refractivity contribution is 5.87. The molecule has 1 aliphatic heterocycles. The van der Waals surface area contributed by atoms with Gasteiger partial charge in [0, 0.05) is 24.2 Å². The number of amides is 1. The number of rotatable bonds is 4. The molecule has 0 bridgehead atoms. The summed E-state index contributed by atoms with van der Waals surface area (Å²) in [5, 5.41) is 16.6. The molecule has 124 valence electrons. The molecule has 5 heteroatoms. The Morgan fingerprint density at radius 2 is 1.76 bits per heavy atom. The van der Waals surface area contributed by atoms with Crippen molar-refractivity contribution in [2.24, 2.45) is 0 Å². The SMILES string of the molecule is CC(C)(C)NCC1(C)CN(C(C)(C)CO)C(=O)C(C)(C)N1. The van der Waals surface area contributed by atoms with Crippen LogP contribution in [0.15, 0.2) is 0 Å². The molecule has 1 heterocycles. The second-order valence-electron chi connectivity index (χ2n) is 8.78. The van der Waals surface area contributed by atoms with Gasteiger partial charge < -0.3 is 15.3 Å². The third-order valence-electron chi connectivity index (χ3n) is 4.03. The first-order chi connectivity index (χ1) is 9.22. The van der Waals surface area contributed by atoms with Crippen molar-refractivity contribution in [3.05, 3.63) is 0 Å². The molecule has 1 saturated heterocycles. The number of aliphatic hydroxyl groups excluding tert-OH is 1. The zero-order valence-corrected chi connectivity index (χ0v) is 14.9. The molecule has 1 rings (SSSR count). The van der Waals surface area contributed by atoms with E-state index < -0.39 is 11.1 Å². The summed E-state index contributed by atoms with van der Waals surface area (Å²) in [7, 11) is 0. The van der Waals surface area contributed by atoms with E-state index in [1.165, 1.54) is 0 Å². The summed E-state index contributed by atoms with van der Waals surface area (Å²) in [4.78, 5) is 14.5. The predicted molar refractivity (Wildman–Crippen MR) is 86.3 cm³/mol. The number of hydrogen-bond donors (Lipinski definition) is 3. The molecule has 0 aromatic rings. The van der Waals surface area contributed by atoms with Gasteiger partial charge in [0.05, 0.1) is 17.7 Å². The minimum Gasteiger partial charge on any atom is -0.394 e. The first-order valence-electron chi connectivity index (χ1n) is 7.70. The Bertz CT molecular complexity index is 399. The number of nitrogens with zero attached hydrogens (tertiary/aromatic N) is 1. The molecule has 0 spiro atoms. The highest BCUT2D eigenvalue weighted by Crippen LogP contribution is 2.28. The van der Waals surface area contributed by atoms with E-state index in [0.717, 1.165) is 6.54 Å². The molecule has 0 aromatic carbocycles. The lowest BCUT2D eigenvalue weighted by atomic mass is 9.85. The van der Waals surface area contributed by atoms with Crippen molar-refractivity contribution in [2.75, 3.05) is 19.7 Å². The van der Waals surface area contributed by atoms with E-state index >= 15 is 0 Å². The van der Waals surface area contributed by atoms with Gasteiger partial charge in [0.1, 0.15) is 0 Å². The van der Waals surface area contributed by atoms with Gasteiger partial charge in [-0.3, -0.25) is 10.1 Å². The lowest BCUT2D eigenvalue weighted by molar-refractivity contribution is -0.152. The number of aliphatic hydroxyl groups is 1. The molecule has 5 nitrogen and oxygen atoms in total. The second-order valence-corrected chi connectivity index (χ2v) is 8.78.